The molecule has 0 aromatic heterocycles. The Balaban J connectivity index is 2.10. The van der Waals surface area contributed by atoms with Gasteiger partial charge in [0.2, 0.25) is 0 Å². The molecule has 5 nitrogen and oxygen atoms in total. The van der Waals surface area contributed by atoms with Crippen LogP contribution in [0.15, 0.2) is 54.6 Å². The number of carbonyl (C=O) groups is 2. The lowest BCUT2D eigenvalue weighted by atomic mass is 10.0. The second kappa shape index (κ2) is 7.98. The lowest BCUT2D eigenvalue weighted by Gasteiger charge is -2.17. The highest BCUT2D eigenvalue weighted by molar-refractivity contribution is 5.99. The van der Waals surface area contributed by atoms with Gasteiger partial charge in [-0.1, -0.05) is 30.3 Å². The fourth-order valence-electron chi connectivity index (χ4n) is 2.15. The number of anilines is 1. The van der Waals surface area contributed by atoms with Gasteiger partial charge in [-0.2, -0.15) is 0 Å². The van der Waals surface area contributed by atoms with Crippen LogP contribution in [0.1, 0.15) is 16.8 Å². The van der Waals surface area contributed by atoms with Gasteiger partial charge in [-0.25, -0.2) is 4.79 Å². The predicted octanol–water partition coefficient (Wildman–Crippen LogP) is 2.92. The van der Waals surface area contributed by atoms with E-state index >= 15 is 0 Å². The van der Waals surface area contributed by atoms with Crippen molar-refractivity contribution < 1.29 is 19.1 Å². The Hall–Kier alpha value is -2.82. The molecular weight excluding hydrogens is 294 g/mol. The van der Waals surface area contributed by atoms with Crippen molar-refractivity contribution in [2.75, 3.05) is 19.5 Å². The standard InChI is InChI=1S/C18H19NO4/c1-22-15-10-8-14(9-11-15)19-16(18(21)23-2)12-17(20)13-6-4-3-5-7-13/h3-11,16,19H,12H2,1-2H3. The maximum atomic E-state index is 12.3. The molecule has 23 heavy (non-hydrogen) atoms. The Morgan fingerprint density at radius 1 is 1.00 bits per heavy atom. The highest BCUT2D eigenvalue weighted by Gasteiger charge is 2.23. The number of ketones is 1. The van der Waals surface area contributed by atoms with Gasteiger partial charge in [0.15, 0.2) is 5.78 Å². The van der Waals surface area contributed by atoms with Crippen molar-refractivity contribution in [1.82, 2.24) is 0 Å². The van der Waals surface area contributed by atoms with Gasteiger partial charge < -0.3 is 14.8 Å². The van der Waals surface area contributed by atoms with Crippen LogP contribution in [0, 0.1) is 0 Å². The number of carbonyl (C=O) groups excluding carboxylic acids is 2. The van der Waals surface area contributed by atoms with Crippen molar-refractivity contribution in [2.45, 2.75) is 12.5 Å². The Bertz CT molecular complexity index is 652. The zero-order chi connectivity index (χ0) is 16.7. The molecule has 0 saturated heterocycles. The molecule has 0 saturated carbocycles. The van der Waals surface area contributed by atoms with Crippen LogP contribution in [0.2, 0.25) is 0 Å². The van der Waals surface area contributed by atoms with E-state index in [-0.39, 0.29) is 12.2 Å². The van der Waals surface area contributed by atoms with Crippen molar-refractivity contribution >= 4 is 17.4 Å². The number of hydrogen-bond donors (Lipinski definition) is 1. The molecule has 0 spiro atoms. The van der Waals surface area contributed by atoms with E-state index in [9.17, 15) is 9.59 Å². The Morgan fingerprint density at radius 3 is 2.22 bits per heavy atom. The van der Waals surface area contributed by atoms with Gasteiger partial charge in [0.25, 0.3) is 0 Å². The molecule has 120 valence electrons. The number of methoxy groups -OCH3 is 2. The van der Waals surface area contributed by atoms with E-state index in [1.807, 2.05) is 6.07 Å². The number of ether oxygens (including phenoxy) is 2. The van der Waals surface area contributed by atoms with Gasteiger partial charge in [-0.05, 0) is 24.3 Å². The zero-order valence-electron chi connectivity index (χ0n) is 13.1. The maximum absolute atomic E-state index is 12.3. The van der Waals surface area contributed by atoms with E-state index in [0.29, 0.717) is 17.0 Å². The fourth-order valence-corrected chi connectivity index (χ4v) is 2.15. The van der Waals surface area contributed by atoms with Crippen LogP contribution in [-0.2, 0) is 9.53 Å². The van der Waals surface area contributed by atoms with E-state index in [2.05, 4.69) is 5.32 Å². The van der Waals surface area contributed by atoms with Crippen molar-refractivity contribution in [3.63, 3.8) is 0 Å². The predicted molar refractivity (Wildman–Crippen MR) is 87.8 cm³/mol. The monoisotopic (exact) mass is 313 g/mol. The third-order valence-electron chi connectivity index (χ3n) is 3.40. The minimum absolute atomic E-state index is 0.0166. The summed E-state index contributed by atoms with van der Waals surface area (Å²) in [5.41, 5.74) is 1.28. The number of nitrogens with one attached hydrogen (secondary N) is 1. The molecule has 0 amide bonds. The number of Topliss-reactive ketones (excluding diaryl/α,β-unsaturated/α-hetero) is 1. The number of benzene rings is 2. The topological polar surface area (TPSA) is 64.6 Å². The SMILES string of the molecule is COC(=O)C(CC(=O)c1ccccc1)Nc1ccc(OC)cc1. The van der Waals surface area contributed by atoms with Gasteiger partial charge in [0.05, 0.1) is 14.2 Å². The van der Waals surface area contributed by atoms with Crippen LogP contribution in [0.5, 0.6) is 5.75 Å². The molecule has 0 aliphatic heterocycles. The first-order chi connectivity index (χ1) is 11.1. The third-order valence-corrected chi connectivity index (χ3v) is 3.40. The largest absolute Gasteiger partial charge is 0.497 e. The molecule has 0 heterocycles. The average Bonchev–Trinajstić information content (AvgIpc) is 2.61. The van der Waals surface area contributed by atoms with Crippen molar-refractivity contribution in [3.05, 3.63) is 60.2 Å². The normalized spacial score (nSPS) is 11.4. The van der Waals surface area contributed by atoms with E-state index in [4.69, 9.17) is 9.47 Å². The summed E-state index contributed by atoms with van der Waals surface area (Å²) in [6.45, 7) is 0. The minimum atomic E-state index is -0.749. The average molecular weight is 313 g/mol. The molecule has 2 aromatic rings. The number of esters is 1. The Labute approximate surface area is 135 Å². The smallest absolute Gasteiger partial charge is 0.328 e. The summed E-state index contributed by atoms with van der Waals surface area (Å²) in [6.07, 6.45) is 0.0166. The van der Waals surface area contributed by atoms with Gasteiger partial charge in [-0.15, -0.1) is 0 Å². The van der Waals surface area contributed by atoms with Gasteiger partial charge in [-0.3, -0.25) is 4.79 Å². The van der Waals surface area contributed by atoms with E-state index < -0.39 is 12.0 Å². The first-order valence-corrected chi connectivity index (χ1v) is 7.20. The van der Waals surface area contributed by atoms with E-state index in [1.165, 1.54) is 7.11 Å². The molecular formula is C18H19NO4. The first-order valence-electron chi connectivity index (χ1n) is 7.20. The zero-order valence-corrected chi connectivity index (χ0v) is 13.1. The lowest BCUT2D eigenvalue weighted by molar-refractivity contribution is -0.141. The van der Waals surface area contributed by atoms with Gasteiger partial charge >= 0.3 is 5.97 Å². The van der Waals surface area contributed by atoms with Crippen molar-refractivity contribution in [2.24, 2.45) is 0 Å². The van der Waals surface area contributed by atoms with Crippen LogP contribution in [0.4, 0.5) is 5.69 Å². The molecule has 0 fully saturated rings. The van der Waals surface area contributed by atoms with E-state index in [1.54, 1.807) is 55.6 Å². The third kappa shape index (κ3) is 4.57. The minimum Gasteiger partial charge on any atom is -0.497 e. The van der Waals surface area contributed by atoms with Crippen LogP contribution in [0.3, 0.4) is 0 Å². The van der Waals surface area contributed by atoms with Crippen molar-refractivity contribution in [3.8, 4) is 5.75 Å². The molecule has 0 aliphatic carbocycles. The van der Waals surface area contributed by atoms with Crippen LogP contribution >= 0.6 is 0 Å². The summed E-state index contributed by atoms with van der Waals surface area (Å²) in [7, 11) is 2.89. The second-order valence-corrected chi connectivity index (χ2v) is 4.94. The molecule has 1 N–H and O–H groups in total. The van der Waals surface area contributed by atoms with Crippen LogP contribution in [0.25, 0.3) is 0 Å². The summed E-state index contributed by atoms with van der Waals surface area (Å²) < 4.78 is 9.88. The summed E-state index contributed by atoms with van der Waals surface area (Å²) >= 11 is 0. The van der Waals surface area contributed by atoms with Crippen LogP contribution in [-0.4, -0.2) is 32.0 Å². The molecule has 2 rings (SSSR count). The van der Waals surface area contributed by atoms with Gasteiger partial charge in [0.1, 0.15) is 11.8 Å². The molecule has 0 radical (unpaired) electrons. The Kier molecular flexibility index (Phi) is 5.74. The maximum Gasteiger partial charge on any atom is 0.328 e. The number of hydrogen-bond acceptors (Lipinski definition) is 5. The van der Waals surface area contributed by atoms with Gasteiger partial charge in [0, 0.05) is 17.7 Å². The highest BCUT2D eigenvalue weighted by Crippen LogP contribution is 2.17. The van der Waals surface area contributed by atoms with E-state index in [0.717, 1.165) is 0 Å². The van der Waals surface area contributed by atoms with Crippen molar-refractivity contribution in [1.29, 1.82) is 0 Å². The summed E-state index contributed by atoms with van der Waals surface area (Å²) in [6, 6.07) is 15.2. The summed E-state index contributed by atoms with van der Waals surface area (Å²) in [4.78, 5) is 24.2. The lowest BCUT2D eigenvalue weighted by Crippen LogP contribution is -2.33. The molecule has 1 atom stereocenters. The molecule has 5 heteroatoms. The quantitative estimate of drug-likeness (QED) is 0.629. The number of rotatable bonds is 7. The summed E-state index contributed by atoms with van der Waals surface area (Å²) in [5, 5.41) is 3.03. The molecule has 2 aromatic carbocycles. The molecule has 0 bridgehead atoms. The fraction of sp³-hybridized carbons (Fsp3) is 0.222. The van der Waals surface area contributed by atoms with Crippen LogP contribution < -0.4 is 10.1 Å². The highest BCUT2D eigenvalue weighted by atomic mass is 16.5. The summed E-state index contributed by atoms with van der Waals surface area (Å²) in [5.74, 6) is 0.109. The molecule has 0 aliphatic rings. The Morgan fingerprint density at radius 2 is 1.65 bits per heavy atom. The second-order valence-electron chi connectivity index (χ2n) is 4.94. The first kappa shape index (κ1) is 16.5. The molecule has 1 unspecified atom stereocenters.